The maximum Gasteiger partial charge on any atom is 0.250 e. The molecule has 0 aromatic heterocycles. The van der Waals surface area contributed by atoms with Gasteiger partial charge >= 0.3 is 0 Å². The van der Waals surface area contributed by atoms with Gasteiger partial charge in [-0.15, -0.1) is 0 Å². The number of hydrogen-bond acceptors (Lipinski definition) is 3. The van der Waals surface area contributed by atoms with Crippen LogP contribution in [0.5, 0.6) is 11.5 Å². The van der Waals surface area contributed by atoms with Gasteiger partial charge in [0, 0.05) is 6.07 Å². The normalized spacial score (nSPS) is 10.8. The van der Waals surface area contributed by atoms with E-state index in [1.165, 1.54) is 6.07 Å². The van der Waals surface area contributed by atoms with E-state index in [4.69, 9.17) is 26.8 Å². The first kappa shape index (κ1) is 14.6. The molecule has 1 amide bonds. The molecule has 1 rings (SSSR count). The monoisotopic (exact) mass is 271 g/mol. The molecule has 4 nitrogen and oxygen atoms in total. The predicted octanol–water partition coefficient (Wildman–Crippen LogP) is 3.01. The van der Waals surface area contributed by atoms with E-state index in [0.29, 0.717) is 11.5 Å². The Balaban J connectivity index is 3.22. The first-order chi connectivity index (χ1) is 8.31. The molecule has 0 bridgehead atoms. The predicted molar refractivity (Wildman–Crippen MR) is 71.5 cm³/mol. The van der Waals surface area contributed by atoms with E-state index < -0.39 is 5.91 Å². The maximum atomic E-state index is 11.2. The standard InChI is InChI=1S/C13H18ClNO3/c1-7(2)17-11-5-9(13(15)16)10(14)6-12(11)18-8(3)4/h5-8H,1-4H3,(H2,15,16). The fourth-order valence-corrected chi connectivity index (χ4v) is 1.66. The largest absolute Gasteiger partial charge is 0.487 e. The van der Waals surface area contributed by atoms with Gasteiger partial charge in [0.15, 0.2) is 11.5 Å². The summed E-state index contributed by atoms with van der Waals surface area (Å²) in [6, 6.07) is 3.07. The topological polar surface area (TPSA) is 61.5 Å². The van der Waals surface area contributed by atoms with Gasteiger partial charge in [-0.3, -0.25) is 4.79 Å². The van der Waals surface area contributed by atoms with Crippen LogP contribution in [-0.4, -0.2) is 18.1 Å². The second kappa shape index (κ2) is 5.96. The zero-order chi connectivity index (χ0) is 13.9. The summed E-state index contributed by atoms with van der Waals surface area (Å²) >= 11 is 5.98. The van der Waals surface area contributed by atoms with Crippen LogP contribution in [0.25, 0.3) is 0 Å². The Kier molecular flexibility index (Phi) is 4.84. The third kappa shape index (κ3) is 3.81. The molecule has 0 saturated heterocycles. The summed E-state index contributed by atoms with van der Waals surface area (Å²) in [5.74, 6) is 0.385. The second-order valence-electron chi connectivity index (χ2n) is 4.48. The minimum absolute atomic E-state index is 0.0185. The molecule has 0 radical (unpaired) electrons. The maximum absolute atomic E-state index is 11.2. The zero-order valence-corrected chi connectivity index (χ0v) is 11.7. The van der Waals surface area contributed by atoms with Gasteiger partial charge in [-0.05, 0) is 33.8 Å². The molecule has 2 N–H and O–H groups in total. The average molecular weight is 272 g/mol. The Morgan fingerprint density at radius 2 is 1.56 bits per heavy atom. The van der Waals surface area contributed by atoms with Crippen LogP contribution in [0.15, 0.2) is 12.1 Å². The molecule has 100 valence electrons. The first-order valence-corrected chi connectivity index (χ1v) is 6.15. The second-order valence-corrected chi connectivity index (χ2v) is 4.88. The lowest BCUT2D eigenvalue weighted by molar-refractivity contribution is 0.0999. The summed E-state index contributed by atoms with van der Waals surface area (Å²) in [6.45, 7) is 7.57. The summed E-state index contributed by atoms with van der Waals surface area (Å²) in [5.41, 5.74) is 5.47. The number of nitrogens with two attached hydrogens (primary N) is 1. The quantitative estimate of drug-likeness (QED) is 0.895. The molecule has 1 aromatic carbocycles. The molecule has 1 aromatic rings. The molecule has 0 spiro atoms. The molecule has 0 aliphatic heterocycles. The van der Waals surface area contributed by atoms with Gasteiger partial charge in [-0.25, -0.2) is 0 Å². The van der Waals surface area contributed by atoms with Crippen molar-refractivity contribution in [2.45, 2.75) is 39.9 Å². The number of carbonyl (C=O) groups excluding carboxylic acids is 1. The zero-order valence-electron chi connectivity index (χ0n) is 11.0. The fourth-order valence-electron chi connectivity index (χ4n) is 1.42. The van der Waals surface area contributed by atoms with Gasteiger partial charge in [-0.1, -0.05) is 11.6 Å². The SMILES string of the molecule is CC(C)Oc1cc(Cl)c(C(N)=O)cc1OC(C)C. The van der Waals surface area contributed by atoms with Crippen molar-refractivity contribution in [3.8, 4) is 11.5 Å². The van der Waals surface area contributed by atoms with E-state index in [1.54, 1.807) is 6.07 Å². The van der Waals surface area contributed by atoms with Crippen LogP contribution in [0.2, 0.25) is 5.02 Å². The Morgan fingerprint density at radius 3 is 1.94 bits per heavy atom. The molecule has 5 heteroatoms. The molecule has 18 heavy (non-hydrogen) atoms. The van der Waals surface area contributed by atoms with Crippen molar-refractivity contribution in [2.24, 2.45) is 5.73 Å². The van der Waals surface area contributed by atoms with E-state index >= 15 is 0 Å². The van der Waals surface area contributed by atoms with Crippen molar-refractivity contribution < 1.29 is 14.3 Å². The lowest BCUT2D eigenvalue weighted by Crippen LogP contribution is -2.15. The summed E-state index contributed by atoms with van der Waals surface area (Å²) in [5, 5.41) is 0.259. The molecular formula is C13H18ClNO3. The third-order valence-corrected chi connectivity index (χ3v) is 2.34. The molecule has 0 aliphatic rings. The Labute approximate surface area is 112 Å². The Hall–Kier alpha value is -1.42. The van der Waals surface area contributed by atoms with Crippen LogP contribution < -0.4 is 15.2 Å². The van der Waals surface area contributed by atoms with Crippen LogP contribution in [0, 0.1) is 0 Å². The summed E-state index contributed by atoms with van der Waals surface area (Å²) < 4.78 is 11.2. The number of hydrogen-bond donors (Lipinski definition) is 1. The third-order valence-electron chi connectivity index (χ3n) is 2.02. The fraction of sp³-hybridized carbons (Fsp3) is 0.462. The van der Waals surface area contributed by atoms with Crippen LogP contribution >= 0.6 is 11.6 Å². The van der Waals surface area contributed by atoms with Crippen molar-refractivity contribution in [3.05, 3.63) is 22.7 Å². The Bertz CT molecular complexity index is 444. The smallest absolute Gasteiger partial charge is 0.250 e. The average Bonchev–Trinajstić information content (AvgIpc) is 2.19. The van der Waals surface area contributed by atoms with E-state index in [9.17, 15) is 4.79 Å². The minimum Gasteiger partial charge on any atom is -0.487 e. The highest BCUT2D eigenvalue weighted by Gasteiger charge is 2.16. The number of halogens is 1. The summed E-state index contributed by atoms with van der Waals surface area (Å²) in [7, 11) is 0. The lowest BCUT2D eigenvalue weighted by Gasteiger charge is -2.18. The highest BCUT2D eigenvalue weighted by Crippen LogP contribution is 2.34. The van der Waals surface area contributed by atoms with Gasteiger partial charge < -0.3 is 15.2 Å². The minimum atomic E-state index is -0.593. The molecular weight excluding hydrogens is 254 g/mol. The van der Waals surface area contributed by atoms with Crippen molar-refractivity contribution in [1.82, 2.24) is 0 Å². The number of amides is 1. The van der Waals surface area contributed by atoms with Gasteiger partial charge in [-0.2, -0.15) is 0 Å². The van der Waals surface area contributed by atoms with E-state index in [1.807, 2.05) is 27.7 Å². The highest BCUT2D eigenvalue weighted by atomic mass is 35.5. The van der Waals surface area contributed by atoms with Gasteiger partial charge in [0.25, 0.3) is 0 Å². The van der Waals surface area contributed by atoms with Crippen molar-refractivity contribution in [3.63, 3.8) is 0 Å². The molecule has 0 fully saturated rings. The molecule has 0 saturated carbocycles. The number of primary amides is 1. The van der Waals surface area contributed by atoms with Crippen LogP contribution in [-0.2, 0) is 0 Å². The van der Waals surface area contributed by atoms with Crippen LogP contribution in [0.4, 0.5) is 0 Å². The number of ether oxygens (including phenoxy) is 2. The number of rotatable bonds is 5. The van der Waals surface area contributed by atoms with Crippen LogP contribution in [0.1, 0.15) is 38.1 Å². The molecule has 0 atom stereocenters. The molecule has 0 unspecified atom stereocenters. The van der Waals surface area contributed by atoms with Crippen molar-refractivity contribution in [2.75, 3.05) is 0 Å². The van der Waals surface area contributed by atoms with Gasteiger partial charge in [0.2, 0.25) is 5.91 Å². The van der Waals surface area contributed by atoms with Gasteiger partial charge in [0.1, 0.15) is 0 Å². The summed E-state index contributed by atoms with van der Waals surface area (Å²) in [6.07, 6.45) is -0.0589. The molecule has 0 aliphatic carbocycles. The molecule has 0 heterocycles. The van der Waals surface area contributed by atoms with E-state index in [-0.39, 0.29) is 22.8 Å². The highest BCUT2D eigenvalue weighted by molar-refractivity contribution is 6.34. The van der Waals surface area contributed by atoms with Gasteiger partial charge in [0.05, 0.1) is 22.8 Å². The number of benzene rings is 1. The van der Waals surface area contributed by atoms with E-state index in [0.717, 1.165) is 0 Å². The number of carbonyl (C=O) groups is 1. The first-order valence-electron chi connectivity index (χ1n) is 5.78. The lowest BCUT2D eigenvalue weighted by atomic mass is 10.2. The van der Waals surface area contributed by atoms with Crippen molar-refractivity contribution in [1.29, 1.82) is 0 Å². The van der Waals surface area contributed by atoms with Crippen LogP contribution in [0.3, 0.4) is 0 Å². The van der Waals surface area contributed by atoms with E-state index in [2.05, 4.69) is 0 Å². The Morgan fingerprint density at radius 1 is 1.11 bits per heavy atom. The summed E-state index contributed by atoms with van der Waals surface area (Å²) in [4.78, 5) is 11.2. The van der Waals surface area contributed by atoms with Crippen molar-refractivity contribution >= 4 is 17.5 Å².